The molecule has 0 aromatic heterocycles. The summed E-state index contributed by atoms with van der Waals surface area (Å²) < 4.78 is 36.2. The topological polar surface area (TPSA) is 61.5 Å². The summed E-state index contributed by atoms with van der Waals surface area (Å²) in [6, 6.07) is 7.67. The van der Waals surface area contributed by atoms with Gasteiger partial charge in [0.25, 0.3) is 0 Å². The first kappa shape index (κ1) is 14.8. The maximum Gasteiger partial charge on any atom is 0.342 e. The Kier molecular flexibility index (Phi) is 4.37. The third-order valence-corrected chi connectivity index (χ3v) is 2.84. The van der Waals surface area contributed by atoms with E-state index < -0.39 is 17.6 Å². The van der Waals surface area contributed by atoms with Crippen molar-refractivity contribution in [2.45, 2.75) is 6.61 Å². The number of anilines is 1. The molecule has 0 aliphatic rings. The number of nitrogen functional groups attached to an aromatic ring is 1. The Morgan fingerprint density at radius 2 is 2.00 bits per heavy atom. The van der Waals surface area contributed by atoms with E-state index >= 15 is 0 Å². The largest absolute Gasteiger partial charge is 0.494 e. The number of methoxy groups -OCH3 is 1. The molecule has 0 saturated heterocycles. The highest BCUT2D eigenvalue weighted by Gasteiger charge is 2.16. The molecule has 0 atom stereocenters. The summed E-state index contributed by atoms with van der Waals surface area (Å²) in [6.07, 6.45) is 0. The van der Waals surface area contributed by atoms with Crippen molar-refractivity contribution < 1.29 is 23.0 Å². The van der Waals surface area contributed by atoms with Crippen molar-refractivity contribution in [2.24, 2.45) is 0 Å². The van der Waals surface area contributed by atoms with Crippen LogP contribution in [0.3, 0.4) is 0 Å². The summed E-state index contributed by atoms with van der Waals surface area (Å²) in [6.45, 7) is -0.317. The second-order valence-electron chi connectivity index (χ2n) is 4.24. The third-order valence-electron chi connectivity index (χ3n) is 2.84. The van der Waals surface area contributed by atoms with Gasteiger partial charge in [0.1, 0.15) is 23.8 Å². The molecule has 0 bridgehead atoms. The number of para-hydroxylation sites is 1. The SMILES string of the molecule is COc1c(N)cccc1C(=O)OCc1ccc(F)cc1F. The normalized spacial score (nSPS) is 10.2. The van der Waals surface area contributed by atoms with Gasteiger partial charge in [-0.2, -0.15) is 0 Å². The van der Waals surface area contributed by atoms with Crippen LogP contribution in [0.25, 0.3) is 0 Å². The van der Waals surface area contributed by atoms with Gasteiger partial charge in [-0.1, -0.05) is 6.07 Å². The van der Waals surface area contributed by atoms with Gasteiger partial charge in [-0.15, -0.1) is 0 Å². The Labute approximate surface area is 120 Å². The number of esters is 1. The minimum Gasteiger partial charge on any atom is -0.494 e. The Bertz CT molecular complexity index is 674. The Morgan fingerprint density at radius 3 is 2.67 bits per heavy atom. The van der Waals surface area contributed by atoms with Crippen molar-refractivity contribution in [3.8, 4) is 5.75 Å². The molecule has 2 aromatic rings. The standard InChI is InChI=1S/C15H13F2NO3/c1-20-14-11(3-2-4-13(14)18)15(19)21-8-9-5-6-10(16)7-12(9)17/h2-7H,8,18H2,1H3. The summed E-state index contributed by atoms with van der Waals surface area (Å²) >= 11 is 0. The van der Waals surface area contributed by atoms with Gasteiger partial charge in [-0.25, -0.2) is 13.6 Å². The molecule has 6 heteroatoms. The second kappa shape index (κ2) is 6.21. The van der Waals surface area contributed by atoms with Crippen molar-refractivity contribution >= 4 is 11.7 Å². The fourth-order valence-electron chi connectivity index (χ4n) is 1.80. The fourth-order valence-corrected chi connectivity index (χ4v) is 1.80. The third kappa shape index (κ3) is 3.28. The minimum absolute atomic E-state index is 0.0765. The number of nitrogens with two attached hydrogens (primary N) is 1. The van der Waals surface area contributed by atoms with E-state index in [-0.39, 0.29) is 23.5 Å². The summed E-state index contributed by atoms with van der Waals surface area (Å²) in [4.78, 5) is 12.0. The average Bonchev–Trinajstić information content (AvgIpc) is 2.45. The van der Waals surface area contributed by atoms with Gasteiger partial charge in [-0.05, 0) is 24.3 Å². The molecule has 21 heavy (non-hydrogen) atoms. The molecular formula is C15H13F2NO3. The monoisotopic (exact) mass is 293 g/mol. The lowest BCUT2D eigenvalue weighted by molar-refractivity contribution is 0.0465. The molecule has 0 aliphatic carbocycles. The quantitative estimate of drug-likeness (QED) is 0.695. The van der Waals surface area contributed by atoms with Crippen LogP contribution in [-0.4, -0.2) is 13.1 Å². The summed E-state index contributed by atoms with van der Waals surface area (Å²) in [5.74, 6) is -1.98. The predicted octanol–water partition coefficient (Wildman–Crippen LogP) is 2.91. The van der Waals surface area contributed by atoms with E-state index in [1.165, 1.54) is 19.2 Å². The highest BCUT2D eigenvalue weighted by Crippen LogP contribution is 2.26. The van der Waals surface area contributed by atoms with E-state index in [9.17, 15) is 13.6 Å². The smallest absolute Gasteiger partial charge is 0.342 e. The predicted molar refractivity (Wildman–Crippen MR) is 72.9 cm³/mol. The van der Waals surface area contributed by atoms with Crippen LogP contribution in [-0.2, 0) is 11.3 Å². The van der Waals surface area contributed by atoms with Crippen LogP contribution in [0.4, 0.5) is 14.5 Å². The number of carbonyl (C=O) groups excluding carboxylic acids is 1. The van der Waals surface area contributed by atoms with Crippen molar-refractivity contribution in [3.63, 3.8) is 0 Å². The number of carbonyl (C=O) groups is 1. The Balaban J connectivity index is 2.14. The van der Waals surface area contributed by atoms with E-state index in [4.69, 9.17) is 15.2 Å². The van der Waals surface area contributed by atoms with Crippen molar-refractivity contribution in [1.82, 2.24) is 0 Å². The van der Waals surface area contributed by atoms with Gasteiger partial charge < -0.3 is 15.2 Å². The van der Waals surface area contributed by atoms with Gasteiger partial charge in [-0.3, -0.25) is 0 Å². The molecule has 0 spiro atoms. The van der Waals surface area contributed by atoms with E-state index in [1.807, 2.05) is 0 Å². The highest BCUT2D eigenvalue weighted by molar-refractivity contribution is 5.94. The molecule has 2 N–H and O–H groups in total. The number of rotatable bonds is 4. The number of hydrogen-bond acceptors (Lipinski definition) is 4. The lowest BCUT2D eigenvalue weighted by atomic mass is 10.1. The van der Waals surface area contributed by atoms with Crippen molar-refractivity contribution in [2.75, 3.05) is 12.8 Å². The Hall–Kier alpha value is -2.63. The number of benzene rings is 2. The molecule has 2 aromatic carbocycles. The molecule has 0 radical (unpaired) electrons. The van der Waals surface area contributed by atoms with Gasteiger partial charge in [0, 0.05) is 11.6 Å². The minimum atomic E-state index is -0.776. The van der Waals surface area contributed by atoms with Gasteiger partial charge in [0.2, 0.25) is 0 Å². The average molecular weight is 293 g/mol. The van der Waals surface area contributed by atoms with Crippen LogP contribution in [0.5, 0.6) is 5.75 Å². The molecule has 4 nitrogen and oxygen atoms in total. The van der Waals surface area contributed by atoms with Crippen molar-refractivity contribution in [3.05, 3.63) is 59.2 Å². The van der Waals surface area contributed by atoms with E-state index in [1.54, 1.807) is 12.1 Å². The molecule has 0 amide bonds. The van der Waals surface area contributed by atoms with E-state index in [0.29, 0.717) is 5.69 Å². The van der Waals surface area contributed by atoms with Crippen LogP contribution in [0, 0.1) is 11.6 Å². The van der Waals surface area contributed by atoms with Crippen LogP contribution in [0.1, 0.15) is 15.9 Å². The molecule has 110 valence electrons. The van der Waals surface area contributed by atoms with Crippen LogP contribution in [0.2, 0.25) is 0 Å². The number of halogens is 2. The lowest BCUT2D eigenvalue weighted by Crippen LogP contribution is -2.09. The molecule has 0 heterocycles. The molecule has 2 rings (SSSR count). The maximum atomic E-state index is 13.4. The zero-order valence-electron chi connectivity index (χ0n) is 11.2. The number of hydrogen-bond donors (Lipinski definition) is 1. The fraction of sp³-hybridized carbons (Fsp3) is 0.133. The Morgan fingerprint density at radius 1 is 1.24 bits per heavy atom. The van der Waals surface area contributed by atoms with Crippen molar-refractivity contribution in [1.29, 1.82) is 0 Å². The summed E-state index contributed by atoms with van der Waals surface area (Å²) in [5.41, 5.74) is 6.19. The highest BCUT2D eigenvalue weighted by atomic mass is 19.1. The lowest BCUT2D eigenvalue weighted by Gasteiger charge is -2.11. The first-order valence-electron chi connectivity index (χ1n) is 6.06. The molecule has 0 aliphatic heterocycles. The zero-order valence-corrected chi connectivity index (χ0v) is 11.2. The van der Waals surface area contributed by atoms with E-state index in [2.05, 4.69) is 0 Å². The van der Waals surface area contributed by atoms with Crippen LogP contribution < -0.4 is 10.5 Å². The summed E-state index contributed by atoms with van der Waals surface area (Å²) in [7, 11) is 1.38. The molecule has 0 saturated carbocycles. The van der Waals surface area contributed by atoms with Gasteiger partial charge >= 0.3 is 5.97 Å². The van der Waals surface area contributed by atoms with E-state index in [0.717, 1.165) is 12.1 Å². The molecular weight excluding hydrogens is 280 g/mol. The molecule has 0 fully saturated rings. The van der Waals surface area contributed by atoms with Crippen LogP contribution >= 0.6 is 0 Å². The van der Waals surface area contributed by atoms with Gasteiger partial charge in [0.05, 0.1) is 12.8 Å². The van der Waals surface area contributed by atoms with Crippen LogP contribution in [0.15, 0.2) is 36.4 Å². The zero-order chi connectivity index (χ0) is 15.4. The molecule has 0 unspecified atom stereocenters. The number of ether oxygens (including phenoxy) is 2. The maximum absolute atomic E-state index is 13.4. The first-order valence-corrected chi connectivity index (χ1v) is 6.06. The second-order valence-corrected chi connectivity index (χ2v) is 4.24. The van der Waals surface area contributed by atoms with Gasteiger partial charge in [0.15, 0.2) is 5.75 Å². The summed E-state index contributed by atoms with van der Waals surface area (Å²) in [5, 5.41) is 0. The first-order chi connectivity index (χ1) is 10.0.